The Morgan fingerprint density at radius 3 is 2.60 bits per heavy atom. The summed E-state index contributed by atoms with van der Waals surface area (Å²) in [6.45, 7) is 0. The molecule has 2 rings (SSSR count). The third-order valence-electron chi connectivity index (χ3n) is 2.50. The molecule has 1 atom stereocenters. The highest BCUT2D eigenvalue weighted by Crippen LogP contribution is 2.21. The topological polar surface area (TPSA) is 67.3 Å². The maximum absolute atomic E-state index is 12.2. The molecule has 1 heterocycles. The van der Waals surface area contributed by atoms with Crippen LogP contribution in [0, 0.1) is 0 Å². The average molecular weight is 419 g/mol. The van der Waals surface area contributed by atoms with Crippen molar-refractivity contribution >= 4 is 48.6 Å². The highest BCUT2D eigenvalue weighted by atomic mass is 79.9. The van der Waals surface area contributed by atoms with Gasteiger partial charge in [0.05, 0.1) is 27.8 Å². The molecule has 7 heteroatoms. The lowest BCUT2D eigenvalue weighted by Crippen LogP contribution is -2.02. The summed E-state index contributed by atoms with van der Waals surface area (Å²) >= 11 is 6.44. The van der Waals surface area contributed by atoms with E-state index < -0.39 is 16.8 Å². The zero-order valence-electron chi connectivity index (χ0n) is 10.0. The van der Waals surface area contributed by atoms with Crippen molar-refractivity contribution in [1.29, 1.82) is 0 Å². The summed E-state index contributed by atoms with van der Waals surface area (Å²) in [5.74, 6) is -0.814. The van der Waals surface area contributed by atoms with E-state index in [1.165, 1.54) is 6.07 Å². The molecule has 0 aliphatic carbocycles. The number of aromatic nitrogens is 1. The first-order valence-corrected chi connectivity index (χ1v) is 8.39. The van der Waals surface area contributed by atoms with Crippen molar-refractivity contribution in [2.45, 2.75) is 10.6 Å². The van der Waals surface area contributed by atoms with Gasteiger partial charge in [0.25, 0.3) is 0 Å². The Hall–Kier alpha value is -1.05. The third-order valence-corrected chi connectivity index (χ3v) is 5.00. The van der Waals surface area contributed by atoms with Gasteiger partial charge in [-0.05, 0) is 62.2 Å². The van der Waals surface area contributed by atoms with Crippen molar-refractivity contribution < 1.29 is 14.1 Å². The van der Waals surface area contributed by atoms with Crippen LogP contribution in [0.2, 0.25) is 0 Å². The largest absolute Gasteiger partial charge is 0.478 e. The first-order chi connectivity index (χ1) is 9.47. The van der Waals surface area contributed by atoms with Crippen LogP contribution >= 0.6 is 31.9 Å². The molecule has 0 spiro atoms. The molecule has 0 fully saturated rings. The minimum Gasteiger partial charge on any atom is -0.478 e. The van der Waals surface area contributed by atoms with Crippen molar-refractivity contribution in [3.63, 3.8) is 0 Å². The first kappa shape index (κ1) is 15.3. The second-order valence-corrected chi connectivity index (χ2v) is 7.13. The standard InChI is InChI=1S/C13H9Br2NO3S/c14-8-1-2-9(16-6-8)7-20(19)10-3-4-12(15)11(5-10)13(17)18/h1-6H,7H2,(H,17,18). The van der Waals surface area contributed by atoms with Gasteiger partial charge < -0.3 is 5.11 Å². The zero-order chi connectivity index (χ0) is 14.7. The number of carboxylic acid groups (broad SMARTS) is 1. The van der Waals surface area contributed by atoms with E-state index in [1.807, 2.05) is 6.07 Å². The van der Waals surface area contributed by atoms with Crippen molar-refractivity contribution in [3.05, 3.63) is 56.7 Å². The normalized spacial score (nSPS) is 12.1. The number of hydrogen-bond acceptors (Lipinski definition) is 3. The number of aromatic carboxylic acids is 1. The lowest BCUT2D eigenvalue weighted by atomic mass is 10.2. The summed E-state index contributed by atoms with van der Waals surface area (Å²) < 4.78 is 13.6. The van der Waals surface area contributed by atoms with E-state index in [-0.39, 0.29) is 11.3 Å². The van der Waals surface area contributed by atoms with Gasteiger partial charge in [-0.25, -0.2) is 4.79 Å². The van der Waals surface area contributed by atoms with Crippen LogP contribution in [-0.2, 0) is 16.6 Å². The van der Waals surface area contributed by atoms with Crippen molar-refractivity contribution in [2.75, 3.05) is 0 Å². The number of benzene rings is 1. The van der Waals surface area contributed by atoms with Crippen molar-refractivity contribution in [2.24, 2.45) is 0 Å². The Morgan fingerprint density at radius 1 is 1.25 bits per heavy atom. The lowest BCUT2D eigenvalue weighted by Gasteiger charge is -2.05. The van der Waals surface area contributed by atoms with Crippen LogP contribution in [0.1, 0.15) is 16.1 Å². The van der Waals surface area contributed by atoms with E-state index in [9.17, 15) is 9.00 Å². The summed E-state index contributed by atoms with van der Waals surface area (Å²) in [6, 6.07) is 8.25. The number of halogens is 2. The molecular weight excluding hydrogens is 410 g/mol. The van der Waals surface area contributed by atoms with Gasteiger partial charge in [-0.2, -0.15) is 0 Å². The van der Waals surface area contributed by atoms with E-state index >= 15 is 0 Å². The van der Waals surface area contributed by atoms with Crippen LogP contribution in [0.25, 0.3) is 0 Å². The fourth-order valence-corrected chi connectivity index (χ4v) is 3.25. The molecule has 0 radical (unpaired) electrons. The average Bonchev–Trinajstić information content (AvgIpc) is 2.41. The molecule has 0 aliphatic rings. The number of rotatable bonds is 4. The van der Waals surface area contributed by atoms with Crippen LogP contribution in [0.3, 0.4) is 0 Å². The molecule has 2 aromatic rings. The van der Waals surface area contributed by atoms with Crippen molar-refractivity contribution in [1.82, 2.24) is 4.98 Å². The molecule has 20 heavy (non-hydrogen) atoms. The maximum Gasteiger partial charge on any atom is 0.336 e. The molecule has 0 saturated carbocycles. The fraction of sp³-hybridized carbons (Fsp3) is 0.0769. The Kier molecular flexibility index (Phi) is 5.06. The molecule has 1 N–H and O–H groups in total. The summed E-state index contributed by atoms with van der Waals surface area (Å²) in [4.78, 5) is 15.7. The van der Waals surface area contributed by atoms with E-state index in [0.717, 1.165) is 4.47 Å². The summed E-state index contributed by atoms with van der Waals surface area (Å²) in [7, 11) is -1.34. The van der Waals surface area contributed by atoms with Gasteiger partial charge in [0.1, 0.15) is 0 Å². The second kappa shape index (κ2) is 6.60. The Labute approximate surface area is 135 Å². The zero-order valence-corrected chi connectivity index (χ0v) is 14.0. The molecule has 0 saturated heterocycles. The van der Waals surface area contributed by atoms with E-state index in [4.69, 9.17) is 5.11 Å². The summed E-state index contributed by atoms with van der Waals surface area (Å²) in [5.41, 5.74) is 0.783. The molecule has 4 nitrogen and oxygen atoms in total. The molecule has 0 amide bonds. The minimum absolute atomic E-state index is 0.0969. The number of carbonyl (C=O) groups is 1. The molecule has 104 valence electrons. The third kappa shape index (κ3) is 3.74. The number of nitrogens with zero attached hydrogens (tertiary/aromatic N) is 1. The van der Waals surface area contributed by atoms with Gasteiger partial charge in [-0.15, -0.1) is 0 Å². The van der Waals surface area contributed by atoms with Crippen LogP contribution in [0.4, 0.5) is 0 Å². The SMILES string of the molecule is O=C(O)c1cc(S(=O)Cc2ccc(Br)cn2)ccc1Br. The Balaban J connectivity index is 2.23. The van der Waals surface area contributed by atoms with Crippen molar-refractivity contribution in [3.8, 4) is 0 Å². The minimum atomic E-state index is -1.34. The number of pyridine rings is 1. The Morgan fingerprint density at radius 2 is 2.00 bits per heavy atom. The van der Waals surface area contributed by atoms with E-state index in [2.05, 4.69) is 36.8 Å². The summed E-state index contributed by atoms with van der Waals surface area (Å²) in [6.07, 6.45) is 1.64. The lowest BCUT2D eigenvalue weighted by molar-refractivity contribution is 0.0695. The predicted octanol–water partition coefficient (Wildman–Crippen LogP) is 3.61. The number of carboxylic acids is 1. The number of hydrogen-bond donors (Lipinski definition) is 1. The highest BCUT2D eigenvalue weighted by Gasteiger charge is 2.13. The van der Waals surface area contributed by atoms with E-state index in [0.29, 0.717) is 15.1 Å². The smallest absolute Gasteiger partial charge is 0.336 e. The maximum atomic E-state index is 12.2. The van der Waals surface area contributed by atoms with Gasteiger partial charge in [-0.1, -0.05) is 0 Å². The predicted molar refractivity (Wildman–Crippen MR) is 83.2 cm³/mol. The fourth-order valence-electron chi connectivity index (χ4n) is 1.52. The van der Waals surface area contributed by atoms with Gasteiger partial charge in [0, 0.05) is 20.0 Å². The molecule has 1 aromatic carbocycles. The first-order valence-electron chi connectivity index (χ1n) is 5.49. The van der Waals surface area contributed by atoms with Crippen LogP contribution in [0.15, 0.2) is 50.4 Å². The van der Waals surface area contributed by atoms with Gasteiger partial charge >= 0.3 is 5.97 Å². The van der Waals surface area contributed by atoms with Gasteiger partial charge in [0.2, 0.25) is 0 Å². The summed E-state index contributed by atoms with van der Waals surface area (Å²) in [5, 5.41) is 9.05. The highest BCUT2D eigenvalue weighted by molar-refractivity contribution is 9.10. The van der Waals surface area contributed by atoms with Gasteiger partial charge in [-0.3, -0.25) is 9.19 Å². The van der Waals surface area contributed by atoms with E-state index in [1.54, 1.807) is 24.4 Å². The quantitative estimate of drug-likeness (QED) is 0.823. The second-order valence-electron chi connectivity index (χ2n) is 3.90. The van der Waals surface area contributed by atoms with Crippen LogP contribution < -0.4 is 0 Å². The molecule has 1 aromatic heterocycles. The molecule has 0 bridgehead atoms. The van der Waals surface area contributed by atoms with Crippen LogP contribution in [0.5, 0.6) is 0 Å². The molecule has 1 unspecified atom stereocenters. The Bertz CT molecular complexity index is 674. The van der Waals surface area contributed by atoms with Crippen LogP contribution in [-0.4, -0.2) is 20.3 Å². The molecular formula is C13H9Br2NO3S. The molecule has 0 aliphatic heterocycles. The van der Waals surface area contributed by atoms with Gasteiger partial charge in [0.15, 0.2) is 0 Å². The monoisotopic (exact) mass is 417 g/mol.